The zero-order chi connectivity index (χ0) is 32.1. The van der Waals surface area contributed by atoms with Gasteiger partial charge >= 0.3 is 0 Å². The molecule has 2 aliphatic heterocycles. The Bertz CT molecular complexity index is 1560. The smallest absolute Gasteiger partial charge is 0.256 e. The van der Waals surface area contributed by atoms with Crippen LogP contribution in [0.2, 0.25) is 0 Å². The number of ether oxygens (including phenoxy) is 6. The summed E-state index contributed by atoms with van der Waals surface area (Å²) in [6, 6.07) is 13.0. The standard InChI is InChI=1S/C35H41FN2O7/c1-7-22(20-43-24-10-12-27(36)30(15-24)45-25-11-13-29(40-4)31(16-25)41-5)35(2,3)21-44-33-18-28-26(17-32(33)42-6)34(39)38-14-8-9-23(38)19-37-28/h10-13,15-19,22-23H,7-9,14,20-21H2,1-6H3. The lowest BCUT2D eigenvalue weighted by Crippen LogP contribution is -2.35. The molecule has 2 unspecified atom stereocenters. The molecule has 1 saturated heterocycles. The van der Waals surface area contributed by atoms with Gasteiger partial charge in [0.15, 0.2) is 34.6 Å². The van der Waals surface area contributed by atoms with Gasteiger partial charge in [0.05, 0.1) is 51.8 Å². The predicted octanol–water partition coefficient (Wildman–Crippen LogP) is 7.47. The number of amides is 1. The number of carbonyl (C=O) groups excluding carboxylic acids is 1. The lowest BCUT2D eigenvalue weighted by Gasteiger charge is -2.33. The third-order valence-electron chi connectivity index (χ3n) is 8.59. The highest BCUT2D eigenvalue weighted by molar-refractivity contribution is 6.03. The molecule has 2 atom stereocenters. The molecule has 2 aliphatic rings. The third kappa shape index (κ3) is 6.95. The van der Waals surface area contributed by atoms with Crippen molar-refractivity contribution in [3.63, 3.8) is 0 Å². The van der Waals surface area contributed by atoms with Gasteiger partial charge in [-0.25, -0.2) is 4.39 Å². The van der Waals surface area contributed by atoms with Gasteiger partial charge in [-0.1, -0.05) is 20.8 Å². The number of fused-ring (bicyclic) bond motifs is 2. The van der Waals surface area contributed by atoms with Crippen LogP contribution in [0.25, 0.3) is 0 Å². The highest BCUT2D eigenvalue weighted by atomic mass is 19.1. The Labute approximate surface area is 263 Å². The van der Waals surface area contributed by atoms with Crippen LogP contribution in [-0.2, 0) is 0 Å². The van der Waals surface area contributed by atoms with E-state index in [0.29, 0.717) is 59.0 Å². The maximum absolute atomic E-state index is 14.7. The van der Waals surface area contributed by atoms with Crippen molar-refractivity contribution in [2.24, 2.45) is 16.3 Å². The third-order valence-corrected chi connectivity index (χ3v) is 8.59. The Hall–Kier alpha value is -4.47. The molecule has 240 valence electrons. The lowest BCUT2D eigenvalue weighted by atomic mass is 9.78. The molecule has 0 aliphatic carbocycles. The van der Waals surface area contributed by atoms with Crippen molar-refractivity contribution in [3.05, 3.63) is 59.9 Å². The number of hydrogen-bond acceptors (Lipinski definition) is 8. The molecular weight excluding hydrogens is 579 g/mol. The van der Waals surface area contributed by atoms with Gasteiger partial charge in [0, 0.05) is 42.3 Å². The van der Waals surface area contributed by atoms with Crippen LogP contribution < -0.4 is 28.4 Å². The molecule has 0 bridgehead atoms. The van der Waals surface area contributed by atoms with E-state index in [1.165, 1.54) is 19.2 Å². The second-order valence-electron chi connectivity index (χ2n) is 11.9. The zero-order valence-electron chi connectivity index (χ0n) is 26.7. The highest BCUT2D eigenvalue weighted by Crippen LogP contribution is 2.40. The molecule has 0 saturated carbocycles. The fourth-order valence-corrected chi connectivity index (χ4v) is 5.75. The summed E-state index contributed by atoms with van der Waals surface area (Å²) in [5, 5.41) is 0. The molecule has 10 heteroatoms. The molecule has 2 heterocycles. The van der Waals surface area contributed by atoms with E-state index >= 15 is 0 Å². The number of hydrogen-bond donors (Lipinski definition) is 0. The average molecular weight is 621 g/mol. The zero-order valence-corrected chi connectivity index (χ0v) is 26.7. The van der Waals surface area contributed by atoms with Crippen LogP contribution in [0, 0.1) is 17.2 Å². The minimum Gasteiger partial charge on any atom is -0.493 e. The summed E-state index contributed by atoms with van der Waals surface area (Å²) in [6.07, 6.45) is 4.58. The average Bonchev–Trinajstić information content (AvgIpc) is 3.48. The first-order chi connectivity index (χ1) is 21.7. The molecule has 5 rings (SSSR count). The van der Waals surface area contributed by atoms with Crippen LogP contribution >= 0.6 is 0 Å². The number of nitrogens with zero attached hydrogens (tertiary/aromatic N) is 2. The van der Waals surface area contributed by atoms with Gasteiger partial charge in [-0.3, -0.25) is 9.79 Å². The molecule has 3 aromatic rings. The van der Waals surface area contributed by atoms with Gasteiger partial charge in [-0.05, 0) is 49.6 Å². The second-order valence-corrected chi connectivity index (χ2v) is 11.9. The van der Waals surface area contributed by atoms with Crippen molar-refractivity contribution in [1.29, 1.82) is 0 Å². The Kier molecular flexibility index (Phi) is 9.70. The summed E-state index contributed by atoms with van der Waals surface area (Å²) >= 11 is 0. The first-order valence-electron chi connectivity index (χ1n) is 15.2. The number of halogens is 1. The maximum atomic E-state index is 14.7. The first kappa shape index (κ1) is 31.9. The molecule has 9 nitrogen and oxygen atoms in total. The Morgan fingerprint density at radius 1 is 0.911 bits per heavy atom. The molecule has 0 radical (unpaired) electrons. The van der Waals surface area contributed by atoms with E-state index in [1.807, 2.05) is 11.1 Å². The SMILES string of the molecule is CCC(COc1ccc(F)c(Oc2ccc(OC)c(OC)c2)c1)C(C)(C)COc1cc2c(cc1OC)C(=O)N1CCCC1C=N2. The molecule has 1 amide bonds. The monoisotopic (exact) mass is 620 g/mol. The summed E-state index contributed by atoms with van der Waals surface area (Å²) in [5.41, 5.74) is 0.793. The van der Waals surface area contributed by atoms with Crippen molar-refractivity contribution in [2.75, 3.05) is 41.1 Å². The van der Waals surface area contributed by atoms with Crippen molar-refractivity contribution in [3.8, 4) is 40.2 Å². The van der Waals surface area contributed by atoms with Gasteiger partial charge in [-0.15, -0.1) is 0 Å². The molecular formula is C35H41FN2O7. The molecule has 1 fully saturated rings. The molecule has 0 N–H and O–H groups in total. The summed E-state index contributed by atoms with van der Waals surface area (Å²) in [5.74, 6) is 2.51. The molecule has 0 spiro atoms. The summed E-state index contributed by atoms with van der Waals surface area (Å²) in [4.78, 5) is 19.7. The number of rotatable bonds is 13. The van der Waals surface area contributed by atoms with E-state index < -0.39 is 5.82 Å². The van der Waals surface area contributed by atoms with Crippen LogP contribution in [-0.4, -0.2) is 64.2 Å². The lowest BCUT2D eigenvalue weighted by molar-refractivity contribution is 0.0709. The van der Waals surface area contributed by atoms with E-state index in [4.69, 9.17) is 28.4 Å². The van der Waals surface area contributed by atoms with E-state index in [1.54, 1.807) is 50.6 Å². The number of methoxy groups -OCH3 is 3. The Morgan fingerprint density at radius 3 is 2.36 bits per heavy atom. The number of aliphatic imine (C=N–C) groups is 1. The summed E-state index contributed by atoms with van der Waals surface area (Å²) in [7, 11) is 4.64. The van der Waals surface area contributed by atoms with E-state index in [0.717, 1.165) is 25.8 Å². The van der Waals surface area contributed by atoms with Crippen LogP contribution in [0.4, 0.5) is 10.1 Å². The van der Waals surface area contributed by atoms with Gasteiger partial charge < -0.3 is 33.3 Å². The highest BCUT2D eigenvalue weighted by Gasteiger charge is 2.34. The fraction of sp³-hybridized carbons (Fsp3) is 0.429. The molecule has 3 aromatic carbocycles. The van der Waals surface area contributed by atoms with Crippen molar-refractivity contribution < 1.29 is 37.6 Å². The topological polar surface area (TPSA) is 88.1 Å². The summed E-state index contributed by atoms with van der Waals surface area (Å²) < 4.78 is 49.2. The van der Waals surface area contributed by atoms with E-state index in [-0.39, 0.29) is 29.0 Å². The van der Waals surface area contributed by atoms with Gasteiger partial charge in [0.1, 0.15) is 11.5 Å². The van der Waals surface area contributed by atoms with E-state index in [9.17, 15) is 9.18 Å². The maximum Gasteiger partial charge on any atom is 0.256 e. The van der Waals surface area contributed by atoms with E-state index in [2.05, 4.69) is 25.8 Å². The van der Waals surface area contributed by atoms with Crippen LogP contribution in [0.15, 0.2) is 53.5 Å². The van der Waals surface area contributed by atoms with Crippen LogP contribution in [0.1, 0.15) is 50.4 Å². The number of carbonyl (C=O) groups is 1. The fourth-order valence-electron chi connectivity index (χ4n) is 5.75. The van der Waals surface area contributed by atoms with Gasteiger partial charge in [0.2, 0.25) is 0 Å². The Morgan fingerprint density at radius 2 is 1.62 bits per heavy atom. The van der Waals surface area contributed by atoms with Crippen LogP contribution in [0.5, 0.6) is 40.2 Å². The van der Waals surface area contributed by atoms with Crippen molar-refractivity contribution in [1.82, 2.24) is 4.90 Å². The second kappa shape index (κ2) is 13.7. The number of benzene rings is 3. The van der Waals surface area contributed by atoms with Gasteiger partial charge in [-0.2, -0.15) is 0 Å². The minimum absolute atomic E-state index is 0.0271. The van der Waals surface area contributed by atoms with Gasteiger partial charge in [0.25, 0.3) is 5.91 Å². The van der Waals surface area contributed by atoms with Crippen molar-refractivity contribution in [2.45, 2.75) is 46.1 Å². The van der Waals surface area contributed by atoms with Crippen molar-refractivity contribution >= 4 is 17.8 Å². The largest absolute Gasteiger partial charge is 0.493 e. The van der Waals surface area contributed by atoms with Crippen LogP contribution in [0.3, 0.4) is 0 Å². The minimum atomic E-state index is -0.515. The predicted molar refractivity (Wildman–Crippen MR) is 170 cm³/mol. The summed E-state index contributed by atoms with van der Waals surface area (Å²) in [6.45, 7) is 7.81. The quantitative estimate of drug-likeness (QED) is 0.196. The normalized spacial score (nSPS) is 16.4. The molecule has 0 aromatic heterocycles. The molecule has 45 heavy (non-hydrogen) atoms. The Balaban J connectivity index is 1.25. The first-order valence-corrected chi connectivity index (χ1v) is 15.2.